The maximum absolute atomic E-state index is 9.79. The van der Waals surface area contributed by atoms with Gasteiger partial charge in [0.2, 0.25) is 0 Å². The van der Waals surface area contributed by atoms with E-state index in [0.29, 0.717) is 6.54 Å². The Morgan fingerprint density at radius 2 is 1.90 bits per heavy atom. The number of aliphatic hydroxyl groups is 1. The van der Waals surface area contributed by atoms with Crippen molar-refractivity contribution in [1.82, 2.24) is 9.78 Å². The maximum Gasteiger partial charge on any atom is 0.498 e. The van der Waals surface area contributed by atoms with E-state index in [1.54, 1.807) is 11.8 Å². The number of aryl methyl sites for hydroxylation is 1. The van der Waals surface area contributed by atoms with E-state index in [9.17, 15) is 5.11 Å². The van der Waals surface area contributed by atoms with Gasteiger partial charge >= 0.3 is 7.12 Å². The molecule has 1 atom stereocenters. The van der Waals surface area contributed by atoms with Crippen LogP contribution in [0.2, 0.25) is 0 Å². The third kappa shape index (κ3) is 3.31. The molecule has 0 aromatic carbocycles. The highest BCUT2D eigenvalue weighted by Crippen LogP contribution is 2.36. The van der Waals surface area contributed by atoms with Crippen molar-refractivity contribution in [1.29, 1.82) is 0 Å². The molecule has 1 saturated heterocycles. The molecule has 1 aliphatic heterocycles. The number of hydrogen-bond donors (Lipinski definition) is 1. The SMILES string of the molecule is COC[C@@H](O)Cn1cc(B2OC(C)(C)C(C)(C)O2)c(C)n1. The largest absolute Gasteiger partial charge is 0.498 e. The minimum atomic E-state index is -0.583. The van der Waals surface area contributed by atoms with Crippen LogP contribution in [-0.2, 0) is 20.6 Å². The minimum absolute atomic E-state index is 0.282. The molecule has 0 spiro atoms. The molecular formula is C14H25BN2O4. The Morgan fingerprint density at radius 1 is 1.33 bits per heavy atom. The van der Waals surface area contributed by atoms with Crippen LogP contribution in [0.3, 0.4) is 0 Å². The zero-order valence-electron chi connectivity index (χ0n) is 13.7. The Bertz CT molecular complexity index is 485. The zero-order valence-corrected chi connectivity index (χ0v) is 13.7. The van der Waals surface area contributed by atoms with E-state index in [1.165, 1.54) is 0 Å². The summed E-state index contributed by atoms with van der Waals surface area (Å²) in [6.07, 6.45) is 1.29. The summed E-state index contributed by atoms with van der Waals surface area (Å²) >= 11 is 0. The van der Waals surface area contributed by atoms with Crippen molar-refractivity contribution in [2.45, 2.75) is 58.5 Å². The first-order valence-electron chi connectivity index (χ1n) is 7.23. The number of rotatable bonds is 5. The molecule has 2 rings (SSSR count). The summed E-state index contributed by atoms with van der Waals surface area (Å²) in [5.74, 6) is 0. The number of ether oxygens (including phenoxy) is 1. The molecule has 1 aromatic rings. The van der Waals surface area contributed by atoms with Gasteiger partial charge in [0.1, 0.15) is 0 Å². The van der Waals surface area contributed by atoms with Gasteiger partial charge < -0.3 is 19.2 Å². The van der Waals surface area contributed by atoms with Gasteiger partial charge in [-0.3, -0.25) is 4.68 Å². The molecule has 0 amide bonds. The average Bonchev–Trinajstić information content (AvgIpc) is 2.77. The lowest BCUT2D eigenvalue weighted by Gasteiger charge is -2.32. The highest BCUT2D eigenvalue weighted by molar-refractivity contribution is 6.62. The zero-order chi connectivity index (χ0) is 15.8. The second kappa shape index (κ2) is 5.72. The van der Waals surface area contributed by atoms with E-state index in [1.807, 2.05) is 40.8 Å². The Morgan fingerprint density at radius 3 is 2.43 bits per heavy atom. The second-order valence-electron chi connectivity index (χ2n) is 6.59. The van der Waals surface area contributed by atoms with E-state index in [4.69, 9.17) is 14.0 Å². The summed E-state index contributed by atoms with van der Waals surface area (Å²) < 4.78 is 18.7. The van der Waals surface area contributed by atoms with Gasteiger partial charge in [0.15, 0.2) is 0 Å². The van der Waals surface area contributed by atoms with Crippen LogP contribution in [0.25, 0.3) is 0 Å². The van der Waals surface area contributed by atoms with Gasteiger partial charge in [-0.25, -0.2) is 0 Å². The number of aliphatic hydroxyl groups excluding tert-OH is 1. The number of methoxy groups -OCH3 is 1. The Kier molecular flexibility index (Phi) is 4.49. The second-order valence-corrected chi connectivity index (χ2v) is 6.59. The standard InChI is InChI=1S/C14H25BN2O4/c1-10-12(8-17(16-10)7-11(18)9-19-6)15-20-13(2,3)14(4,5)21-15/h8,11,18H,7,9H2,1-6H3/t11-/m0/s1. The molecule has 6 nitrogen and oxygen atoms in total. The summed E-state index contributed by atoms with van der Waals surface area (Å²) in [5.41, 5.74) is 1.00. The van der Waals surface area contributed by atoms with Crippen molar-refractivity contribution in [3.63, 3.8) is 0 Å². The van der Waals surface area contributed by atoms with Crippen molar-refractivity contribution >= 4 is 12.6 Å². The summed E-state index contributed by atoms with van der Waals surface area (Å²) in [4.78, 5) is 0. The lowest BCUT2D eigenvalue weighted by Crippen LogP contribution is -2.41. The van der Waals surface area contributed by atoms with Crippen LogP contribution in [0.15, 0.2) is 6.20 Å². The predicted octanol–water partition coefficient (Wildman–Crippen LogP) is 0.498. The molecule has 118 valence electrons. The Balaban J connectivity index is 2.14. The molecule has 0 saturated carbocycles. The molecule has 0 unspecified atom stereocenters. The number of hydrogen-bond acceptors (Lipinski definition) is 5. The lowest BCUT2D eigenvalue weighted by atomic mass is 9.79. The molecule has 0 aliphatic carbocycles. The highest BCUT2D eigenvalue weighted by Gasteiger charge is 2.52. The van der Waals surface area contributed by atoms with Crippen molar-refractivity contribution in [2.24, 2.45) is 0 Å². The van der Waals surface area contributed by atoms with E-state index in [0.717, 1.165) is 11.2 Å². The van der Waals surface area contributed by atoms with Crippen LogP contribution in [-0.4, -0.2) is 53.0 Å². The molecular weight excluding hydrogens is 271 g/mol. The van der Waals surface area contributed by atoms with Gasteiger partial charge in [0, 0.05) is 18.8 Å². The summed E-state index contributed by atoms with van der Waals surface area (Å²) in [7, 11) is 1.14. The smallest absolute Gasteiger partial charge is 0.399 e. The van der Waals surface area contributed by atoms with Crippen LogP contribution in [0.1, 0.15) is 33.4 Å². The van der Waals surface area contributed by atoms with Crippen LogP contribution in [0.4, 0.5) is 0 Å². The van der Waals surface area contributed by atoms with Gasteiger partial charge in [-0.1, -0.05) is 0 Å². The third-order valence-electron chi connectivity index (χ3n) is 4.25. The summed E-state index contributed by atoms with van der Waals surface area (Å²) in [6, 6.07) is 0. The normalized spacial score (nSPS) is 21.8. The van der Waals surface area contributed by atoms with Gasteiger partial charge in [-0.05, 0) is 34.6 Å². The first-order chi connectivity index (χ1) is 9.66. The first-order valence-corrected chi connectivity index (χ1v) is 7.23. The van der Waals surface area contributed by atoms with E-state index in [-0.39, 0.29) is 17.8 Å². The van der Waals surface area contributed by atoms with Gasteiger partial charge in [-0.2, -0.15) is 5.10 Å². The van der Waals surface area contributed by atoms with E-state index < -0.39 is 13.2 Å². The fourth-order valence-electron chi connectivity index (χ4n) is 2.29. The molecule has 0 bridgehead atoms. The molecule has 1 aliphatic rings. The van der Waals surface area contributed by atoms with Crippen molar-refractivity contribution in [2.75, 3.05) is 13.7 Å². The summed E-state index contributed by atoms with van der Waals surface area (Å²) in [6.45, 7) is 10.7. The molecule has 1 N–H and O–H groups in total. The third-order valence-corrected chi connectivity index (χ3v) is 4.25. The van der Waals surface area contributed by atoms with Gasteiger partial charge in [0.25, 0.3) is 0 Å². The molecule has 21 heavy (non-hydrogen) atoms. The summed E-state index contributed by atoms with van der Waals surface area (Å²) in [5, 5.41) is 14.2. The predicted molar refractivity (Wildman–Crippen MR) is 80.6 cm³/mol. The van der Waals surface area contributed by atoms with Crippen LogP contribution in [0, 0.1) is 6.92 Å². The first kappa shape index (κ1) is 16.5. The minimum Gasteiger partial charge on any atom is -0.399 e. The van der Waals surface area contributed by atoms with Crippen molar-refractivity contribution < 1.29 is 19.2 Å². The fourth-order valence-corrected chi connectivity index (χ4v) is 2.29. The average molecular weight is 296 g/mol. The van der Waals surface area contributed by atoms with Crippen molar-refractivity contribution in [3.05, 3.63) is 11.9 Å². The monoisotopic (exact) mass is 296 g/mol. The van der Waals surface area contributed by atoms with Gasteiger partial charge in [-0.15, -0.1) is 0 Å². The molecule has 7 heteroatoms. The molecule has 1 fully saturated rings. The number of aromatic nitrogens is 2. The van der Waals surface area contributed by atoms with E-state index in [2.05, 4.69) is 5.10 Å². The van der Waals surface area contributed by atoms with Crippen LogP contribution in [0.5, 0.6) is 0 Å². The maximum atomic E-state index is 9.79. The lowest BCUT2D eigenvalue weighted by molar-refractivity contribution is 0.00578. The molecule has 0 radical (unpaired) electrons. The molecule has 1 aromatic heterocycles. The number of nitrogens with zero attached hydrogens (tertiary/aromatic N) is 2. The highest BCUT2D eigenvalue weighted by atomic mass is 16.7. The topological polar surface area (TPSA) is 65.7 Å². The van der Waals surface area contributed by atoms with Crippen molar-refractivity contribution in [3.8, 4) is 0 Å². The molecule has 2 heterocycles. The van der Waals surface area contributed by atoms with E-state index >= 15 is 0 Å². The fraction of sp³-hybridized carbons (Fsp3) is 0.786. The van der Waals surface area contributed by atoms with Gasteiger partial charge in [0.05, 0.1) is 36.2 Å². The van der Waals surface area contributed by atoms with Crippen LogP contribution < -0.4 is 5.46 Å². The van der Waals surface area contributed by atoms with Crippen LogP contribution >= 0.6 is 0 Å². The Labute approximate surface area is 126 Å². The quantitative estimate of drug-likeness (QED) is 0.802. The Hall–Kier alpha value is -0.885.